The number of nitrogens with one attached hydrogen (secondary N) is 1. The van der Waals surface area contributed by atoms with E-state index in [0.29, 0.717) is 16.9 Å². The van der Waals surface area contributed by atoms with E-state index >= 15 is 0 Å². The molecule has 5 heterocycles. The molecule has 1 saturated carbocycles. The molecule has 1 aliphatic carbocycles. The van der Waals surface area contributed by atoms with Crippen LogP contribution >= 0.6 is 11.6 Å². The monoisotopic (exact) mass is 395 g/mol. The molecule has 0 saturated heterocycles. The topological polar surface area (TPSA) is 88.1 Å². The fraction of sp³-hybridized carbons (Fsp3) is 0.368. The molecule has 28 heavy (non-hydrogen) atoms. The van der Waals surface area contributed by atoms with E-state index in [9.17, 15) is 0 Å². The highest BCUT2D eigenvalue weighted by Gasteiger charge is 2.45. The molecule has 0 unspecified atom stereocenters. The lowest BCUT2D eigenvalue weighted by Gasteiger charge is -2.32. The maximum absolute atomic E-state index is 6.37. The molecule has 1 fully saturated rings. The first-order chi connectivity index (χ1) is 13.6. The summed E-state index contributed by atoms with van der Waals surface area (Å²) >= 11 is 6.37. The van der Waals surface area contributed by atoms with Crippen LogP contribution < -0.4 is 4.90 Å². The number of nitrogens with zero attached hydrogens (tertiary/aromatic N) is 6. The molecule has 6 rings (SSSR count). The van der Waals surface area contributed by atoms with E-state index in [2.05, 4.69) is 32.0 Å². The van der Waals surface area contributed by atoms with Crippen molar-refractivity contribution in [1.82, 2.24) is 29.8 Å². The first-order valence-corrected chi connectivity index (χ1v) is 9.77. The molecule has 4 aromatic heterocycles. The Morgan fingerprint density at radius 1 is 1.32 bits per heavy atom. The second kappa shape index (κ2) is 5.57. The van der Waals surface area contributed by atoms with Gasteiger partial charge in [-0.1, -0.05) is 23.6 Å². The third-order valence-corrected chi connectivity index (χ3v) is 6.17. The van der Waals surface area contributed by atoms with E-state index in [0.717, 1.165) is 48.4 Å². The molecule has 1 aliphatic heterocycles. The van der Waals surface area contributed by atoms with Crippen molar-refractivity contribution < 1.29 is 4.42 Å². The standard InChI is InChI=1S/C19H18ClN7O/c1-19(5-6-19)17-23-24-18(28-17)26-8-4-12-15(22-10-21-12)16(26)13-9-14-11(20)3-2-7-27(14)25-13/h2-3,7,9-10,16H,4-6,8H2,1H3,(H,21,22)/t16-/m0/s1. The molecule has 1 N–H and O–H groups in total. The Kier molecular flexibility index (Phi) is 3.21. The molecule has 4 aromatic rings. The van der Waals surface area contributed by atoms with Gasteiger partial charge in [-0.05, 0) is 31.0 Å². The second-order valence-electron chi connectivity index (χ2n) is 7.82. The van der Waals surface area contributed by atoms with Gasteiger partial charge in [-0.2, -0.15) is 5.10 Å². The van der Waals surface area contributed by atoms with Gasteiger partial charge in [0, 0.05) is 30.3 Å². The van der Waals surface area contributed by atoms with E-state index in [-0.39, 0.29) is 11.5 Å². The molecule has 1 atom stereocenters. The lowest BCUT2D eigenvalue weighted by molar-refractivity contribution is 0.431. The molecule has 0 aromatic carbocycles. The van der Waals surface area contributed by atoms with Gasteiger partial charge in [0.15, 0.2) is 0 Å². The van der Waals surface area contributed by atoms with Crippen LogP contribution in [0, 0.1) is 0 Å². The SMILES string of the molecule is CC1(c2nnc(N3CCc4[nH]cnc4[C@@H]3c3cc4c(Cl)cccn4n3)o2)CC1. The van der Waals surface area contributed by atoms with Crippen molar-refractivity contribution >= 4 is 23.1 Å². The number of fused-ring (bicyclic) bond motifs is 2. The molecule has 0 amide bonds. The van der Waals surface area contributed by atoms with Gasteiger partial charge < -0.3 is 14.3 Å². The van der Waals surface area contributed by atoms with Crippen LogP contribution in [-0.4, -0.2) is 36.3 Å². The summed E-state index contributed by atoms with van der Waals surface area (Å²) in [6.45, 7) is 2.90. The summed E-state index contributed by atoms with van der Waals surface area (Å²) in [6, 6.07) is 6.05. The minimum Gasteiger partial charge on any atom is -0.407 e. The molecule has 0 radical (unpaired) electrons. The van der Waals surface area contributed by atoms with Crippen molar-refractivity contribution in [2.75, 3.05) is 11.4 Å². The fourth-order valence-corrected chi connectivity index (χ4v) is 4.11. The van der Waals surface area contributed by atoms with Gasteiger partial charge in [0.2, 0.25) is 5.89 Å². The van der Waals surface area contributed by atoms with E-state index in [1.807, 2.05) is 24.4 Å². The lowest BCUT2D eigenvalue weighted by atomic mass is 10.0. The Balaban J connectivity index is 1.48. The minimum atomic E-state index is -0.216. The summed E-state index contributed by atoms with van der Waals surface area (Å²) in [6.07, 6.45) is 6.63. The number of hydrogen-bond acceptors (Lipinski definition) is 6. The molecule has 0 spiro atoms. The van der Waals surface area contributed by atoms with Crippen molar-refractivity contribution in [2.24, 2.45) is 0 Å². The lowest BCUT2D eigenvalue weighted by Crippen LogP contribution is -2.37. The molecule has 2 aliphatic rings. The number of anilines is 1. The van der Waals surface area contributed by atoms with Gasteiger partial charge in [0.05, 0.1) is 28.3 Å². The Morgan fingerprint density at radius 2 is 2.21 bits per heavy atom. The van der Waals surface area contributed by atoms with Crippen LogP contribution in [0.25, 0.3) is 5.52 Å². The van der Waals surface area contributed by atoms with Gasteiger partial charge >= 0.3 is 6.01 Å². The normalized spacial score (nSPS) is 20.5. The highest BCUT2D eigenvalue weighted by molar-refractivity contribution is 6.33. The second-order valence-corrected chi connectivity index (χ2v) is 8.23. The zero-order valence-electron chi connectivity index (χ0n) is 15.3. The Labute approximate surface area is 165 Å². The first kappa shape index (κ1) is 16.1. The third kappa shape index (κ3) is 2.30. The largest absolute Gasteiger partial charge is 0.407 e. The average Bonchev–Trinajstić information content (AvgIpc) is 3.16. The summed E-state index contributed by atoms with van der Waals surface area (Å²) in [4.78, 5) is 9.93. The predicted octanol–water partition coefficient (Wildman–Crippen LogP) is 3.30. The molecule has 8 nitrogen and oxygen atoms in total. The van der Waals surface area contributed by atoms with Crippen LogP contribution in [0.1, 0.15) is 48.8 Å². The van der Waals surface area contributed by atoms with E-state index in [1.165, 1.54) is 0 Å². The molecular formula is C19H18ClN7O. The summed E-state index contributed by atoms with van der Waals surface area (Å²) < 4.78 is 7.89. The van der Waals surface area contributed by atoms with E-state index < -0.39 is 0 Å². The van der Waals surface area contributed by atoms with Crippen LogP contribution in [-0.2, 0) is 11.8 Å². The van der Waals surface area contributed by atoms with Gasteiger partial charge in [-0.3, -0.25) is 0 Å². The van der Waals surface area contributed by atoms with E-state index in [4.69, 9.17) is 21.1 Å². The number of pyridine rings is 1. The zero-order chi connectivity index (χ0) is 18.9. The summed E-state index contributed by atoms with van der Waals surface area (Å²) in [7, 11) is 0. The zero-order valence-corrected chi connectivity index (χ0v) is 16.0. The molecule has 9 heteroatoms. The number of aromatic nitrogens is 6. The van der Waals surface area contributed by atoms with Crippen LogP contribution in [0.2, 0.25) is 5.02 Å². The van der Waals surface area contributed by atoms with Gasteiger partial charge in [0.1, 0.15) is 6.04 Å². The third-order valence-electron chi connectivity index (χ3n) is 5.85. The van der Waals surface area contributed by atoms with Crippen molar-refractivity contribution in [3.8, 4) is 0 Å². The van der Waals surface area contributed by atoms with Gasteiger partial charge in [-0.25, -0.2) is 9.50 Å². The van der Waals surface area contributed by atoms with Crippen molar-refractivity contribution in [3.05, 3.63) is 58.7 Å². The van der Waals surface area contributed by atoms with Gasteiger partial charge in [0.25, 0.3) is 0 Å². The van der Waals surface area contributed by atoms with Gasteiger partial charge in [-0.15, -0.1) is 5.10 Å². The average molecular weight is 396 g/mol. The summed E-state index contributed by atoms with van der Waals surface area (Å²) in [5, 5.41) is 14.1. The molecule has 142 valence electrons. The van der Waals surface area contributed by atoms with Crippen molar-refractivity contribution in [1.29, 1.82) is 0 Å². The Hall–Kier alpha value is -2.87. The van der Waals surface area contributed by atoms with Crippen LogP contribution in [0.5, 0.6) is 0 Å². The number of imidazole rings is 1. The number of rotatable bonds is 3. The number of halogens is 1. The summed E-state index contributed by atoms with van der Waals surface area (Å²) in [5.41, 5.74) is 3.78. The van der Waals surface area contributed by atoms with Crippen molar-refractivity contribution in [3.63, 3.8) is 0 Å². The number of H-pyrrole nitrogens is 1. The Morgan fingerprint density at radius 3 is 3.04 bits per heavy atom. The highest BCUT2D eigenvalue weighted by atomic mass is 35.5. The van der Waals surface area contributed by atoms with Crippen molar-refractivity contribution in [2.45, 2.75) is 37.6 Å². The van der Waals surface area contributed by atoms with E-state index in [1.54, 1.807) is 10.8 Å². The van der Waals surface area contributed by atoms with Crippen LogP contribution in [0.3, 0.4) is 0 Å². The smallest absolute Gasteiger partial charge is 0.319 e. The highest BCUT2D eigenvalue weighted by Crippen LogP contribution is 2.48. The van der Waals surface area contributed by atoms with Crippen LogP contribution in [0.4, 0.5) is 6.01 Å². The molecule has 0 bridgehead atoms. The molecular weight excluding hydrogens is 378 g/mol. The first-order valence-electron chi connectivity index (χ1n) is 9.39. The predicted molar refractivity (Wildman–Crippen MR) is 103 cm³/mol. The maximum Gasteiger partial charge on any atom is 0.319 e. The maximum atomic E-state index is 6.37. The fourth-order valence-electron chi connectivity index (χ4n) is 3.89. The number of hydrogen-bond donors (Lipinski definition) is 1. The van der Waals surface area contributed by atoms with Crippen LogP contribution in [0.15, 0.2) is 35.1 Å². The Bertz CT molecular complexity index is 1190. The summed E-state index contributed by atoms with van der Waals surface area (Å²) in [5.74, 6) is 0.715. The minimum absolute atomic E-state index is 0.0324. The quantitative estimate of drug-likeness (QED) is 0.572. The number of aromatic amines is 1.